The van der Waals surface area contributed by atoms with Crippen molar-refractivity contribution in [2.45, 2.75) is 77.0 Å². The molecule has 0 aromatic carbocycles. The lowest BCUT2D eigenvalue weighted by Crippen LogP contribution is -2.39. The third-order valence-electron chi connectivity index (χ3n) is 8.35. The van der Waals surface area contributed by atoms with Crippen LogP contribution in [-0.2, 0) is 0 Å². The topological polar surface area (TPSA) is 0 Å². The third kappa shape index (κ3) is 0.965. The fourth-order valence-electron chi connectivity index (χ4n) is 7.77. The van der Waals surface area contributed by atoms with Gasteiger partial charge in [0.1, 0.15) is 0 Å². The highest BCUT2D eigenvalue weighted by atomic mass is 14.8. The maximum absolute atomic E-state index is 1.63. The zero-order valence-corrected chi connectivity index (χ0v) is 11.1. The predicted molar refractivity (Wildman–Crippen MR) is 69.7 cm³/mol. The zero-order chi connectivity index (χ0) is 11.1. The van der Waals surface area contributed by atoms with Crippen LogP contribution in [0, 0.1) is 28.1 Å². The molecule has 6 aliphatic rings. The fraction of sp³-hybridized carbons (Fsp3) is 1.00. The van der Waals surface area contributed by atoms with Gasteiger partial charge in [0.25, 0.3) is 0 Å². The molecule has 0 aromatic rings. The molecule has 0 radical (unpaired) electrons. The predicted octanol–water partition coefficient (Wildman–Crippen LogP) is 4.93. The van der Waals surface area contributed by atoms with E-state index in [2.05, 4.69) is 0 Å². The summed E-state index contributed by atoms with van der Waals surface area (Å²) in [6.07, 6.45) is 19.5. The molecule has 17 heavy (non-hydrogen) atoms. The van der Waals surface area contributed by atoms with E-state index in [1.807, 2.05) is 0 Å². The van der Waals surface area contributed by atoms with E-state index < -0.39 is 0 Å². The minimum atomic E-state index is 0.871. The van der Waals surface area contributed by atoms with E-state index >= 15 is 0 Å². The van der Waals surface area contributed by atoms with Gasteiger partial charge >= 0.3 is 0 Å². The summed E-state index contributed by atoms with van der Waals surface area (Å²) in [5.41, 5.74) is 2.61. The second kappa shape index (κ2) is 2.78. The molecule has 5 bridgehead atoms. The Hall–Kier alpha value is 0. The van der Waals surface area contributed by atoms with Gasteiger partial charge in [-0.3, -0.25) is 0 Å². The van der Waals surface area contributed by atoms with Gasteiger partial charge in [0.05, 0.1) is 0 Å². The standard InChI is InChI=1S/C17H26/c1-4-15-7-9-16-5-2-13(1)3-6-17(10-8-15,12-11-16)14(15)16/h13-14H,1-12H2. The number of hydrogen-bond donors (Lipinski definition) is 0. The van der Waals surface area contributed by atoms with Crippen LogP contribution in [-0.4, -0.2) is 0 Å². The first kappa shape index (κ1) is 9.87. The van der Waals surface area contributed by atoms with Crippen LogP contribution in [0.1, 0.15) is 77.0 Å². The van der Waals surface area contributed by atoms with Crippen molar-refractivity contribution < 1.29 is 0 Å². The highest BCUT2D eigenvalue weighted by Gasteiger charge is 2.71. The average molecular weight is 230 g/mol. The Morgan fingerprint density at radius 2 is 0.824 bits per heavy atom. The van der Waals surface area contributed by atoms with E-state index in [1.165, 1.54) is 5.92 Å². The van der Waals surface area contributed by atoms with Crippen molar-refractivity contribution in [1.29, 1.82) is 0 Å². The first-order valence-electron chi connectivity index (χ1n) is 8.27. The summed E-state index contributed by atoms with van der Waals surface area (Å²) in [7, 11) is 0. The van der Waals surface area contributed by atoms with Crippen LogP contribution in [0.4, 0.5) is 0 Å². The largest absolute Gasteiger partial charge is 0.0499 e. The van der Waals surface area contributed by atoms with Gasteiger partial charge in [0.2, 0.25) is 0 Å². The molecule has 6 rings (SSSR count). The van der Waals surface area contributed by atoms with E-state index in [4.69, 9.17) is 0 Å². The molecule has 94 valence electrons. The summed E-state index contributed by atoms with van der Waals surface area (Å²) in [6.45, 7) is 0. The van der Waals surface area contributed by atoms with Gasteiger partial charge in [-0.05, 0) is 105 Å². The van der Waals surface area contributed by atoms with Crippen molar-refractivity contribution in [1.82, 2.24) is 0 Å². The molecule has 0 aliphatic heterocycles. The lowest BCUT2D eigenvalue weighted by Gasteiger charge is -2.47. The Kier molecular flexibility index (Phi) is 1.61. The Labute approximate surface area is 106 Å². The summed E-state index contributed by atoms with van der Waals surface area (Å²) in [5.74, 6) is 2.33. The molecule has 0 N–H and O–H groups in total. The second-order valence-electron chi connectivity index (χ2n) is 8.50. The van der Waals surface area contributed by atoms with Crippen molar-refractivity contribution in [2.24, 2.45) is 28.1 Å². The van der Waals surface area contributed by atoms with Crippen LogP contribution in [0.2, 0.25) is 0 Å². The van der Waals surface area contributed by atoms with Crippen molar-refractivity contribution >= 4 is 0 Å². The average Bonchev–Trinajstić information content (AvgIpc) is 2.92. The molecular weight excluding hydrogens is 204 g/mol. The maximum atomic E-state index is 1.63. The van der Waals surface area contributed by atoms with E-state index in [1.54, 1.807) is 77.0 Å². The normalized spacial score (nSPS) is 63.5. The van der Waals surface area contributed by atoms with E-state index in [0.717, 1.165) is 22.2 Å². The summed E-state index contributed by atoms with van der Waals surface area (Å²) < 4.78 is 0. The number of hydrogen-bond acceptors (Lipinski definition) is 0. The van der Waals surface area contributed by atoms with Crippen molar-refractivity contribution in [3.05, 3.63) is 0 Å². The summed E-state index contributed by atoms with van der Waals surface area (Å²) in [4.78, 5) is 0. The van der Waals surface area contributed by atoms with Gasteiger partial charge in [-0.1, -0.05) is 0 Å². The minimum Gasteiger partial charge on any atom is -0.0499 e. The van der Waals surface area contributed by atoms with Crippen LogP contribution in [0.3, 0.4) is 0 Å². The molecule has 0 heteroatoms. The number of fused-ring (bicyclic) bond motifs is 3. The lowest BCUT2D eigenvalue weighted by molar-refractivity contribution is 0.0211. The van der Waals surface area contributed by atoms with Crippen LogP contribution in [0.15, 0.2) is 0 Å². The first-order valence-corrected chi connectivity index (χ1v) is 8.27. The smallest absolute Gasteiger partial charge is 0.0244 e. The molecular formula is C17H26. The molecule has 0 amide bonds. The van der Waals surface area contributed by atoms with E-state index in [-0.39, 0.29) is 0 Å². The van der Waals surface area contributed by atoms with Crippen LogP contribution >= 0.6 is 0 Å². The molecule has 6 saturated carbocycles. The number of rotatable bonds is 0. The third-order valence-corrected chi connectivity index (χ3v) is 8.35. The van der Waals surface area contributed by atoms with Crippen LogP contribution in [0.25, 0.3) is 0 Å². The minimum absolute atomic E-state index is 0.871. The molecule has 0 nitrogen and oxygen atoms in total. The van der Waals surface area contributed by atoms with Crippen LogP contribution < -0.4 is 0 Å². The van der Waals surface area contributed by atoms with Crippen molar-refractivity contribution in [3.63, 3.8) is 0 Å². The van der Waals surface area contributed by atoms with Crippen molar-refractivity contribution in [2.75, 3.05) is 0 Å². The van der Waals surface area contributed by atoms with Gasteiger partial charge in [-0.25, -0.2) is 0 Å². The quantitative estimate of drug-likeness (QED) is 0.553. The van der Waals surface area contributed by atoms with Gasteiger partial charge in [0.15, 0.2) is 0 Å². The van der Waals surface area contributed by atoms with Gasteiger partial charge in [-0.15, -0.1) is 0 Å². The maximum Gasteiger partial charge on any atom is -0.0244 e. The summed E-state index contributed by atoms with van der Waals surface area (Å²) >= 11 is 0. The Morgan fingerprint density at radius 1 is 0.471 bits per heavy atom. The monoisotopic (exact) mass is 230 g/mol. The fourth-order valence-corrected chi connectivity index (χ4v) is 7.77. The molecule has 0 unspecified atom stereocenters. The first-order chi connectivity index (χ1) is 8.27. The van der Waals surface area contributed by atoms with Crippen molar-refractivity contribution in [3.8, 4) is 0 Å². The molecule has 6 fully saturated rings. The van der Waals surface area contributed by atoms with E-state index in [0.29, 0.717) is 0 Å². The Bertz CT molecular complexity index is 297. The highest BCUT2D eigenvalue weighted by Crippen LogP contribution is 2.80. The molecule has 0 spiro atoms. The van der Waals surface area contributed by atoms with Gasteiger partial charge < -0.3 is 0 Å². The molecule has 6 aliphatic carbocycles. The van der Waals surface area contributed by atoms with Gasteiger partial charge in [-0.2, -0.15) is 0 Å². The van der Waals surface area contributed by atoms with Gasteiger partial charge in [0, 0.05) is 0 Å². The highest BCUT2D eigenvalue weighted by molar-refractivity contribution is 5.20. The zero-order valence-electron chi connectivity index (χ0n) is 11.1. The van der Waals surface area contributed by atoms with Crippen LogP contribution in [0.5, 0.6) is 0 Å². The Morgan fingerprint density at radius 3 is 1.18 bits per heavy atom. The Balaban J connectivity index is 1.74. The molecule has 0 saturated heterocycles. The second-order valence-corrected chi connectivity index (χ2v) is 8.50. The van der Waals surface area contributed by atoms with E-state index in [9.17, 15) is 0 Å². The molecule has 0 heterocycles. The summed E-state index contributed by atoms with van der Waals surface area (Å²) in [6, 6.07) is 0. The SMILES string of the molecule is C1CC23CCC45CCC1CCC(CC2)(CC4)C35. The lowest BCUT2D eigenvalue weighted by atomic mass is 9.58. The molecule has 0 aromatic heterocycles. The summed E-state index contributed by atoms with van der Waals surface area (Å²) in [5, 5.41) is 0. The molecule has 0 atom stereocenters.